The summed E-state index contributed by atoms with van der Waals surface area (Å²) < 4.78 is 68.4. The molecule has 9 nitrogen and oxygen atoms in total. The van der Waals surface area contributed by atoms with Crippen LogP contribution < -0.4 is 19.8 Å². The first-order valence-corrected chi connectivity index (χ1v) is 12.6. The monoisotopic (exact) mass is 520 g/mol. The molecule has 2 N–H and O–H groups in total. The van der Waals surface area contributed by atoms with Crippen molar-refractivity contribution in [1.82, 2.24) is 9.97 Å². The van der Waals surface area contributed by atoms with Gasteiger partial charge < -0.3 is 10.6 Å². The molecule has 4 rings (SSSR count). The number of hydrogen-bond donors (Lipinski definition) is 2. The molecule has 0 spiro atoms. The Morgan fingerprint density at radius 1 is 1.19 bits per heavy atom. The van der Waals surface area contributed by atoms with E-state index in [1.807, 2.05) is 0 Å². The van der Waals surface area contributed by atoms with Crippen LogP contribution in [0.1, 0.15) is 16.7 Å². The molecule has 13 heteroatoms. The predicted octanol–water partition coefficient (Wildman–Crippen LogP) is 3.79. The van der Waals surface area contributed by atoms with Crippen LogP contribution in [0, 0.1) is 12.7 Å². The van der Waals surface area contributed by atoms with Gasteiger partial charge in [0.25, 0.3) is 0 Å². The molecule has 0 atom stereocenters. The Balaban J connectivity index is 1.70. The molecule has 2 aromatic carbocycles. The van der Waals surface area contributed by atoms with Crippen molar-refractivity contribution in [3.8, 4) is 0 Å². The second kappa shape index (κ2) is 9.64. The van der Waals surface area contributed by atoms with Gasteiger partial charge in [0, 0.05) is 7.05 Å². The summed E-state index contributed by atoms with van der Waals surface area (Å²) in [5, 5.41) is 5.55. The van der Waals surface area contributed by atoms with Gasteiger partial charge in [-0.05, 0) is 29.7 Å². The van der Waals surface area contributed by atoms with E-state index in [1.165, 1.54) is 13.1 Å². The van der Waals surface area contributed by atoms with E-state index in [0.29, 0.717) is 21.8 Å². The van der Waals surface area contributed by atoms with Gasteiger partial charge in [-0.15, -0.1) is 0 Å². The van der Waals surface area contributed by atoms with Gasteiger partial charge in [-0.2, -0.15) is 13.8 Å². The highest BCUT2D eigenvalue weighted by molar-refractivity contribution is 7.92. The van der Waals surface area contributed by atoms with Gasteiger partial charge in [-0.25, -0.2) is 17.8 Å². The van der Waals surface area contributed by atoms with Crippen LogP contribution in [0.3, 0.4) is 0 Å². The Morgan fingerprint density at radius 3 is 2.61 bits per heavy atom. The maximum Gasteiger partial charge on any atom is 0.316 e. The number of carbonyl (C=O) groups is 1. The molecule has 0 saturated heterocycles. The first-order chi connectivity index (χ1) is 17.0. The van der Waals surface area contributed by atoms with Gasteiger partial charge in [0.05, 0.1) is 42.5 Å². The summed E-state index contributed by atoms with van der Waals surface area (Å²) >= 11 is 0. The summed E-state index contributed by atoms with van der Waals surface area (Å²) in [6, 6.07) is 9.85. The summed E-state index contributed by atoms with van der Waals surface area (Å²) in [6.45, 7) is -2.05. The molecule has 0 saturated carbocycles. The van der Waals surface area contributed by atoms with Crippen LogP contribution >= 0.6 is 0 Å². The van der Waals surface area contributed by atoms with Crippen molar-refractivity contribution in [2.24, 2.45) is 0 Å². The molecular formula is C23H23F3N6O3S. The van der Waals surface area contributed by atoms with Crippen molar-refractivity contribution in [1.29, 1.82) is 0 Å². The summed E-state index contributed by atoms with van der Waals surface area (Å²) in [4.78, 5) is 20.0. The van der Waals surface area contributed by atoms with Gasteiger partial charge >= 0.3 is 6.55 Å². The Kier molecular flexibility index (Phi) is 6.76. The van der Waals surface area contributed by atoms with E-state index < -0.39 is 34.8 Å². The molecule has 1 aliphatic heterocycles. The minimum atomic E-state index is -3.69. The number of anilines is 5. The third-order valence-corrected chi connectivity index (χ3v) is 6.90. The number of aromatic nitrogens is 2. The lowest BCUT2D eigenvalue weighted by Crippen LogP contribution is -2.32. The molecule has 0 aliphatic carbocycles. The molecule has 0 bridgehead atoms. The average Bonchev–Trinajstić information content (AvgIpc) is 3.19. The van der Waals surface area contributed by atoms with Crippen LogP contribution in [0.15, 0.2) is 42.6 Å². The fraction of sp³-hybridized carbons (Fsp3) is 0.261. The van der Waals surface area contributed by atoms with E-state index in [4.69, 9.17) is 0 Å². The summed E-state index contributed by atoms with van der Waals surface area (Å²) in [7, 11) is -2.37. The number of aryl methyl sites for hydroxylation is 1. The number of rotatable bonds is 8. The zero-order valence-electron chi connectivity index (χ0n) is 19.6. The van der Waals surface area contributed by atoms with E-state index in [2.05, 4.69) is 20.6 Å². The SMILES string of the molecule is Cc1cccc(CN(c2nc(Nc3cccc4c3NC(=O)C4)ncc2F)C(F)F)c1N(C)S(C)(=O)=O. The summed E-state index contributed by atoms with van der Waals surface area (Å²) in [6.07, 6.45) is 1.96. The number of para-hydroxylation sites is 2. The van der Waals surface area contributed by atoms with Crippen LogP contribution in [0.5, 0.6) is 0 Å². The van der Waals surface area contributed by atoms with Gasteiger partial charge in [0.1, 0.15) is 0 Å². The number of nitrogens with one attached hydrogen (secondary N) is 2. The van der Waals surface area contributed by atoms with Crippen LogP contribution in [0.2, 0.25) is 0 Å². The molecule has 1 aliphatic rings. The predicted molar refractivity (Wildman–Crippen MR) is 131 cm³/mol. The lowest BCUT2D eigenvalue weighted by Gasteiger charge is -2.27. The van der Waals surface area contributed by atoms with Gasteiger partial charge in [-0.1, -0.05) is 30.3 Å². The second-order valence-corrected chi connectivity index (χ2v) is 10.3. The molecule has 1 aromatic heterocycles. The number of carbonyl (C=O) groups excluding carboxylic acids is 1. The van der Waals surface area contributed by atoms with Crippen LogP contribution in [-0.4, -0.2) is 44.1 Å². The van der Waals surface area contributed by atoms with Crippen molar-refractivity contribution in [2.75, 3.05) is 33.1 Å². The fourth-order valence-electron chi connectivity index (χ4n) is 3.98. The highest BCUT2D eigenvalue weighted by Gasteiger charge is 2.27. The minimum absolute atomic E-state index is 0.163. The fourth-order valence-corrected chi connectivity index (χ4v) is 4.57. The molecule has 1 amide bonds. The number of hydrogen-bond acceptors (Lipinski definition) is 7. The van der Waals surface area contributed by atoms with Gasteiger partial charge in [-0.3, -0.25) is 14.0 Å². The van der Waals surface area contributed by atoms with E-state index in [0.717, 1.165) is 22.3 Å². The molecule has 190 valence electrons. The molecular weight excluding hydrogens is 497 g/mol. The zero-order chi connectivity index (χ0) is 26.2. The molecule has 0 unspecified atom stereocenters. The number of amides is 1. The topological polar surface area (TPSA) is 108 Å². The standard InChI is InChI=1S/C23H23F3N6O3S/c1-13-6-4-8-15(20(13)31(2)36(3,34)35)12-32(22(25)26)21-16(24)11-27-23(30-21)28-17-9-5-7-14-10-18(33)29-19(14)17/h4-9,11,22H,10,12H2,1-3H3,(H,29,33)(H,27,28,30). The summed E-state index contributed by atoms with van der Waals surface area (Å²) in [5.74, 6) is -2.12. The smallest absolute Gasteiger partial charge is 0.316 e. The van der Waals surface area contributed by atoms with Crippen molar-refractivity contribution < 1.29 is 26.4 Å². The van der Waals surface area contributed by atoms with Crippen molar-refractivity contribution in [2.45, 2.75) is 26.4 Å². The maximum absolute atomic E-state index is 14.7. The van der Waals surface area contributed by atoms with E-state index >= 15 is 0 Å². The first-order valence-electron chi connectivity index (χ1n) is 10.7. The minimum Gasteiger partial charge on any atom is -0.324 e. The molecule has 3 aromatic rings. The Bertz CT molecular complexity index is 1430. The number of alkyl halides is 2. The third-order valence-electron chi connectivity index (χ3n) is 5.72. The van der Waals surface area contributed by atoms with E-state index in [-0.39, 0.29) is 29.5 Å². The normalized spacial score (nSPS) is 12.9. The number of sulfonamides is 1. The Labute approximate surface area is 206 Å². The molecule has 2 heterocycles. The van der Waals surface area contributed by atoms with Crippen LogP contribution in [-0.2, 0) is 27.8 Å². The molecule has 0 fully saturated rings. The summed E-state index contributed by atoms with van der Waals surface area (Å²) in [5.41, 5.74) is 2.67. The highest BCUT2D eigenvalue weighted by Crippen LogP contribution is 2.34. The number of benzene rings is 2. The largest absolute Gasteiger partial charge is 0.324 e. The number of halogens is 3. The second-order valence-electron chi connectivity index (χ2n) is 8.27. The lowest BCUT2D eigenvalue weighted by molar-refractivity contribution is -0.115. The quantitative estimate of drug-likeness (QED) is 0.435. The van der Waals surface area contributed by atoms with E-state index in [1.54, 1.807) is 37.3 Å². The zero-order valence-corrected chi connectivity index (χ0v) is 20.4. The van der Waals surface area contributed by atoms with Gasteiger partial charge in [0.15, 0.2) is 11.6 Å². The Hall–Kier alpha value is -3.87. The van der Waals surface area contributed by atoms with Crippen molar-refractivity contribution >= 4 is 44.8 Å². The molecule has 0 radical (unpaired) electrons. The highest BCUT2D eigenvalue weighted by atomic mass is 32.2. The van der Waals surface area contributed by atoms with Crippen molar-refractivity contribution in [3.63, 3.8) is 0 Å². The number of fused-ring (bicyclic) bond motifs is 1. The Morgan fingerprint density at radius 2 is 1.92 bits per heavy atom. The van der Waals surface area contributed by atoms with Crippen LogP contribution in [0.4, 0.5) is 42.0 Å². The number of nitrogens with zero attached hydrogens (tertiary/aromatic N) is 4. The van der Waals surface area contributed by atoms with E-state index in [9.17, 15) is 26.4 Å². The average molecular weight is 521 g/mol. The van der Waals surface area contributed by atoms with Gasteiger partial charge in [0.2, 0.25) is 21.9 Å². The lowest BCUT2D eigenvalue weighted by atomic mass is 10.1. The van der Waals surface area contributed by atoms with Crippen LogP contribution in [0.25, 0.3) is 0 Å². The van der Waals surface area contributed by atoms with Crippen molar-refractivity contribution in [3.05, 3.63) is 65.1 Å². The molecule has 36 heavy (non-hydrogen) atoms. The first kappa shape index (κ1) is 25.2. The third kappa shape index (κ3) is 5.05. The maximum atomic E-state index is 14.7.